The van der Waals surface area contributed by atoms with Gasteiger partial charge in [0.15, 0.2) is 0 Å². The van der Waals surface area contributed by atoms with Crippen LogP contribution in [0.15, 0.2) is 12.5 Å². The van der Waals surface area contributed by atoms with E-state index in [-0.39, 0.29) is 0 Å². The van der Waals surface area contributed by atoms with Crippen LogP contribution in [0.5, 0.6) is 0 Å². The third-order valence-corrected chi connectivity index (χ3v) is 3.80. The summed E-state index contributed by atoms with van der Waals surface area (Å²) in [7, 11) is 0. The van der Waals surface area contributed by atoms with Gasteiger partial charge < -0.3 is 10.6 Å². The van der Waals surface area contributed by atoms with Crippen LogP contribution >= 0.6 is 12.2 Å². The van der Waals surface area contributed by atoms with E-state index < -0.39 is 0 Å². The molecule has 1 heterocycles. The number of hydrogen-bond acceptors (Lipinski definition) is 4. The van der Waals surface area contributed by atoms with E-state index in [4.69, 9.17) is 18.0 Å². The molecule has 5 heteroatoms. The largest absolute Gasteiger partial charge is 0.389 e. The second kappa shape index (κ2) is 6.09. The smallest absolute Gasteiger partial charge is 0.142 e. The van der Waals surface area contributed by atoms with Crippen LogP contribution in [0.1, 0.15) is 44.6 Å². The summed E-state index contributed by atoms with van der Waals surface area (Å²) < 4.78 is 0. The van der Waals surface area contributed by atoms with Gasteiger partial charge in [-0.1, -0.05) is 31.5 Å². The van der Waals surface area contributed by atoms with Crippen molar-refractivity contribution >= 4 is 23.0 Å². The number of aromatic nitrogens is 2. The molecule has 0 radical (unpaired) electrons. The zero-order chi connectivity index (χ0) is 13.0. The third kappa shape index (κ3) is 2.77. The predicted octanol–water partition coefficient (Wildman–Crippen LogP) is 2.27. The molecule has 0 unspecified atom stereocenters. The standard InChI is InChI=1S/C13H20N4S/c1-2-17(10-6-4-3-5-7-10)13-11(12(14)18)8-15-9-16-13/h8-10H,2-7H2,1H3,(H2,14,18). The Morgan fingerprint density at radius 1 is 1.44 bits per heavy atom. The minimum absolute atomic E-state index is 0.375. The van der Waals surface area contributed by atoms with Crippen LogP contribution < -0.4 is 10.6 Å². The quantitative estimate of drug-likeness (QED) is 0.845. The lowest BCUT2D eigenvalue weighted by atomic mass is 9.94. The molecule has 2 rings (SSSR count). The highest BCUT2D eigenvalue weighted by Crippen LogP contribution is 2.27. The Labute approximate surface area is 114 Å². The summed E-state index contributed by atoms with van der Waals surface area (Å²) in [6.07, 6.45) is 9.70. The van der Waals surface area contributed by atoms with Gasteiger partial charge in [0.05, 0.1) is 5.56 Å². The molecule has 0 spiro atoms. The Hall–Kier alpha value is -1.23. The summed E-state index contributed by atoms with van der Waals surface area (Å²) >= 11 is 5.09. The van der Waals surface area contributed by atoms with Crippen LogP contribution in [-0.4, -0.2) is 27.5 Å². The van der Waals surface area contributed by atoms with Crippen LogP contribution in [-0.2, 0) is 0 Å². The molecule has 2 N–H and O–H groups in total. The van der Waals surface area contributed by atoms with Gasteiger partial charge in [-0.15, -0.1) is 0 Å². The van der Waals surface area contributed by atoms with Crippen molar-refractivity contribution in [1.29, 1.82) is 0 Å². The number of anilines is 1. The monoisotopic (exact) mass is 264 g/mol. The van der Waals surface area contributed by atoms with Crippen LogP contribution in [0.25, 0.3) is 0 Å². The molecule has 1 aromatic rings. The van der Waals surface area contributed by atoms with Crippen molar-refractivity contribution in [2.45, 2.75) is 45.1 Å². The molecule has 1 aliphatic rings. The van der Waals surface area contributed by atoms with E-state index in [1.807, 2.05) is 0 Å². The van der Waals surface area contributed by atoms with E-state index in [0.29, 0.717) is 11.0 Å². The first-order valence-corrected chi connectivity index (χ1v) is 7.01. The summed E-state index contributed by atoms with van der Waals surface area (Å²) in [6.45, 7) is 3.08. The number of rotatable bonds is 4. The van der Waals surface area contributed by atoms with Crippen molar-refractivity contribution in [1.82, 2.24) is 9.97 Å². The number of thiocarbonyl (C=S) groups is 1. The first-order chi connectivity index (χ1) is 8.74. The second-order valence-electron chi connectivity index (χ2n) is 4.70. The fraction of sp³-hybridized carbons (Fsp3) is 0.615. The average Bonchev–Trinajstić information content (AvgIpc) is 2.41. The second-order valence-corrected chi connectivity index (χ2v) is 5.14. The van der Waals surface area contributed by atoms with Crippen molar-refractivity contribution in [3.05, 3.63) is 18.1 Å². The van der Waals surface area contributed by atoms with E-state index in [2.05, 4.69) is 21.8 Å². The van der Waals surface area contributed by atoms with E-state index in [1.54, 1.807) is 12.5 Å². The highest BCUT2D eigenvalue weighted by atomic mass is 32.1. The molecule has 0 aliphatic heterocycles. The summed E-state index contributed by atoms with van der Waals surface area (Å²) in [5.41, 5.74) is 6.55. The minimum atomic E-state index is 0.375. The lowest BCUT2D eigenvalue weighted by Crippen LogP contribution is -2.38. The van der Waals surface area contributed by atoms with Gasteiger partial charge in [0, 0.05) is 18.8 Å². The molecule has 1 aliphatic carbocycles. The zero-order valence-electron chi connectivity index (χ0n) is 10.8. The predicted molar refractivity (Wildman–Crippen MR) is 77.8 cm³/mol. The Morgan fingerprint density at radius 3 is 2.78 bits per heavy atom. The van der Waals surface area contributed by atoms with Gasteiger partial charge in [-0.3, -0.25) is 0 Å². The third-order valence-electron chi connectivity index (χ3n) is 3.58. The maximum Gasteiger partial charge on any atom is 0.142 e. The van der Waals surface area contributed by atoms with E-state index in [1.165, 1.54) is 32.1 Å². The van der Waals surface area contributed by atoms with Gasteiger partial charge in [-0.2, -0.15) is 0 Å². The number of hydrogen-bond donors (Lipinski definition) is 1. The van der Waals surface area contributed by atoms with Crippen molar-refractivity contribution in [2.75, 3.05) is 11.4 Å². The average molecular weight is 264 g/mol. The van der Waals surface area contributed by atoms with E-state index >= 15 is 0 Å². The first kappa shape index (κ1) is 13.2. The Bertz CT molecular complexity index is 415. The van der Waals surface area contributed by atoms with Crippen LogP contribution in [0.3, 0.4) is 0 Å². The molecule has 0 atom stereocenters. The Morgan fingerprint density at radius 2 is 2.17 bits per heavy atom. The Kier molecular flexibility index (Phi) is 4.47. The van der Waals surface area contributed by atoms with Gasteiger partial charge >= 0.3 is 0 Å². The minimum Gasteiger partial charge on any atom is -0.389 e. The molecule has 0 saturated heterocycles. The van der Waals surface area contributed by atoms with Crippen LogP contribution in [0.2, 0.25) is 0 Å². The molecule has 1 saturated carbocycles. The van der Waals surface area contributed by atoms with E-state index in [0.717, 1.165) is 17.9 Å². The van der Waals surface area contributed by atoms with Crippen molar-refractivity contribution in [3.63, 3.8) is 0 Å². The van der Waals surface area contributed by atoms with Crippen molar-refractivity contribution < 1.29 is 0 Å². The van der Waals surface area contributed by atoms with Gasteiger partial charge in [0.2, 0.25) is 0 Å². The molecule has 1 aromatic heterocycles. The molecule has 0 aromatic carbocycles. The van der Waals surface area contributed by atoms with Crippen molar-refractivity contribution in [3.8, 4) is 0 Å². The van der Waals surface area contributed by atoms with E-state index in [9.17, 15) is 0 Å². The maximum absolute atomic E-state index is 5.76. The first-order valence-electron chi connectivity index (χ1n) is 6.60. The summed E-state index contributed by atoms with van der Waals surface area (Å²) in [5, 5.41) is 0. The zero-order valence-corrected chi connectivity index (χ0v) is 11.6. The molecular weight excluding hydrogens is 244 g/mol. The fourth-order valence-electron chi connectivity index (χ4n) is 2.70. The number of nitrogens with zero attached hydrogens (tertiary/aromatic N) is 3. The highest BCUT2D eigenvalue weighted by Gasteiger charge is 2.23. The summed E-state index contributed by atoms with van der Waals surface area (Å²) in [5.74, 6) is 0.895. The lowest BCUT2D eigenvalue weighted by Gasteiger charge is -2.35. The topological polar surface area (TPSA) is 55.0 Å². The maximum atomic E-state index is 5.76. The molecule has 98 valence electrons. The lowest BCUT2D eigenvalue weighted by molar-refractivity contribution is 0.416. The molecule has 4 nitrogen and oxygen atoms in total. The normalized spacial score (nSPS) is 16.5. The van der Waals surface area contributed by atoms with Gasteiger partial charge in [0.25, 0.3) is 0 Å². The fourth-order valence-corrected chi connectivity index (χ4v) is 2.84. The highest BCUT2D eigenvalue weighted by molar-refractivity contribution is 7.80. The molecular formula is C13H20N4S. The molecule has 18 heavy (non-hydrogen) atoms. The molecule has 0 bridgehead atoms. The summed E-state index contributed by atoms with van der Waals surface area (Å²) in [6, 6.07) is 0.562. The van der Waals surface area contributed by atoms with Crippen LogP contribution in [0.4, 0.5) is 5.82 Å². The van der Waals surface area contributed by atoms with Gasteiger partial charge in [-0.05, 0) is 19.8 Å². The van der Waals surface area contributed by atoms with Gasteiger partial charge in [0.1, 0.15) is 17.1 Å². The van der Waals surface area contributed by atoms with Crippen LogP contribution in [0, 0.1) is 0 Å². The SMILES string of the molecule is CCN(c1ncncc1C(N)=S)C1CCCCC1. The number of nitrogens with two attached hydrogens (primary N) is 1. The molecule has 0 amide bonds. The Balaban J connectivity index is 2.28. The van der Waals surface area contributed by atoms with Gasteiger partial charge in [-0.25, -0.2) is 9.97 Å². The van der Waals surface area contributed by atoms with Crippen molar-refractivity contribution in [2.24, 2.45) is 5.73 Å². The summed E-state index contributed by atoms with van der Waals surface area (Å²) in [4.78, 5) is 11.1. The molecule has 1 fully saturated rings.